The van der Waals surface area contributed by atoms with Crippen LogP contribution in [-0.4, -0.2) is 41.9 Å². The van der Waals surface area contributed by atoms with Crippen molar-refractivity contribution in [2.24, 2.45) is 0 Å². The van der Waals surface area contributed by atoms with Gasteiger partial charge >= 0.3 is 5.69 Å². The SMILES string of the molecule is Cc1ccc(S(=O)(=O)OC[C@@H]2O[C@@H](n3cc(C)c(=O)[nH]c3=O)CC2O)cc1. The molecule has 1 saturated heterocycles. The highest BCUT2D eigenvalue weighted by Crippen LogP contribution is 2.28. The van der Waals surface area contributed by atoms with Crippen molar-refractivity contribution in [1.29, 1.82) is 0 Å². The predicted molar refractivity (Wildman–Crippen MR) is 94.9 cm³/mol. The molecule has 0 saturated carbocycles. The first-order chi connectivity index (χ1) is 12.7. The number of hydrogen-bond acceptors (Lipinski definition) is 7. The number of nitrogens with one attached hydrogen (secondary N) is 1. The Labute approximate surface area is 155 Å². The highest BCUT2D eigenvalue weighted by molar-refractivity contribution is 7.86. The van der Waals surface area contributed by atoms with E-state index in [-0.39, 0.29) is 11.3 Å². The highest BCUT2D eigenvalue weighted by Gasteiger charge is 2.37. The van der Waals surface area contributed by atoms with Crippen molar-refractivity contribution < 1.29 is 22.4 Å². The van der Waals surface area contributed by atoms with Crippen LogP contribution in [0.25, 0.3) is 0 Å². The summed E-state index contributed by atoms with van der Waals surface area (Å²) in [7, 11) is -4.00. The van der Waals surface area contributed by atoms with E-state index in [1.54, 1.807) is 12.1 Å². The molecule has 10 heteroatoms. The lowest BCUT2D eigenvalue weighted by atomic mass is 10.2. The summed E-state index contributed by atoms with van der Waals surface area (Å²) in [6, 6.07) is 6.17. The van der Waals surface area contributed by atoms with Gasteiger partial charge in [-0.2, -0.15) is 8.42 Å². The molecule has 0 bridgehead atoms. The van der Waals surface area contributed by atoms with E-state index in [4.69, 9.17) is 8.92 Å². The molecule has 146 valence electrons. The Morgan fingerprint density at radius 2 is 1.93 bits per heavy atom. The normalized spacial score (nSPS) is 22.9. The molecule has 0 spiro atoms. The maximum Gasteiger partial charge on any atom is 0.330 e. The minimum atomic E-state index is -4.00. The van der Waals surface area contributed by atoms with Crippen LogP contribution in [0.15, 0.2) is 44.9 Å². The molecule has 0 radical (unpaired) electrons. The summed E-state index contributed by atoms with van der Waals surface area (Å²) in [5.74, 6) is 0. The topological polar surface area (TPSA) is 128 Å². The highest BCUT2D eigenvalue weighted by atomic mass is 32.2. The molecule has 0 amide bonds. The number of hydrogen-bond donors (Lipinski definition) is 2. The minimum Gasteiger partial charge on any atom is -0.390 e. The van der Waals surface area contributed by atoms with E-state index in [0.29, 0.717) is 5.56 Å². The lowest BCUT2D eigenvalue weighted by Crippen LogP contribution is -2.33. The maximum atomic E-state index is 12.2. The Balaban J connectivity index is 1.70. The Morgan fingerprint density at radius 1 is 1.26 bits per heavy atom. The number of ether oxygens (including phenoxy) is 1. The van der Waals surface area contributed by atoms with Crippen LogP contribution in [0.2, 0.25) is 0 Å². The van der Waals surface area contributed by atoms with Crippen LogP contribution in [0, 0.1) is 13.8 Å². The quantitative estimate of drug-likeness (QED) is 0.691. The molecular weight excluding hydrogens is 376 g/mol. The van der Waals surface area contributed by atoms with Gasteiger partial charge in [-0.3, -0.25) is 18.5 Å². The third-order valence-corrected chi connectivity index (χ3v) is 5.65. The maximum absolute atomic E-state index is 12.2. The molecule has 3 atom stereocenters. The molecule has 2 heterocycles. The van der Waals surface area contributed by atoms with E-state index < -0.39 is 46.4 Å². The van der Waals surface area contributed by atoms with Crippen molar-refractivity contribution in [3.05, 3.63) is 62.4 Å². The third-order valence-electron chi connectivity index (χ3n) is 4.36. The zero-order valence-corrected chi connectivity index (χ0v) is 15.6. The summed E-state index contributed by atoms with van der Waals surface area (Å²) >= 11 is 0. The van der Waals surface area contributed by atoms with Crippen molar-refractivity contribution in [2.75, 3.05) is 6.61 Å². The van der Waals surface area contributed by atoms with Crippen molar-refractivity contribution in [3.8, 4) is 0 Å². The predicted octanol–water partition coefficient (Wildman–Crippen LogP) is 0.207. The summed E-state index contributed by atoms with van der Waals surface area (Å²) in [5.41, 5.74) is 0.0535. The molecule has 27 heavy (non-hydrogen) atoms. The van der Waals surface area contributed by atoms with Gasteiger partial charge in [-0.1, -0.05) is 17.7 Å². The summed E-state index contributed by atoms with van der Waals surface area (Å²) in [6.07, 6.45) is -1.40. The van der Waals surface area contributed by atoms with Gasteiger partial charge in [-0.25, -0.2) is 4.79 Å². The summed E-state index contributed by atoms with van der Waals surface area (Å²) in [5, 5.41) is 10.2. The average molecular weight is 396 g/mol. The second kappa shape index (κ2) is 7.39. The van der Waals surface area contributed by atoms with Gasteiger partial charge in [0.25, 0.3) is 15.7 Å². The van der Waals surface area contributed by atoms with Crippen LogP contribution < -0.4 is 11.2 Å². The van der Waals surface area contributed by atoms with E-state index in [1.165, 1.54) is 25.3 Å². The third kappa shape index (κ3) is 4.19. The minimum absolute atomic E-state index is 0.00427. The fourth-order valence-corrected chi connectivity index (χ4v) is 3.68. The molecule has 1 aromatic heterocycles. The first-order valence-corrected chi connectivity index (χ1v) is 9.70. The van der Waals surface area contributed by atoms with Gasteiger partial charge in [0, 0.05) is 18.2 Å². The number of aromatic amines is 1. The van der Waals surface area contributed by atoms with Crippen LogP contribution in [0.3, 0.4) is 0 Å². The molecule has 2 aromatic rings. The van der Waals surface area contributed by atoms with E-state index in [1.807, 2.05) is 6.92 Å². The van der Waals surface area contributed by atoms with Gasteiger partial charge in [-0.05, 0) is 26.0 Å². The number of benzene rings is 1. The molecule has 1 fully saturated rings. The second-order valence-corrected chi connectivity index (χ2v) is 8.08. The second-order valence-electron chi connectivity index (χ2n) is 6.46. The monoisotopic (exact) mass is 396 g/mol. The Hall–Kier alpha value is -2.27. The Morgan fingerprint density at radius 3 is 2.59 bits per heavy atom. The molecule has 0 aliphatic carbocycles. The van der Waals surface area contributed by atoms with Crippen LogP contribution in [0.5, 0.6) is 0 Å². The number of aliphatic hydroxyl groups is 1. The standard InChI is InChI=1S/C17H20N2O7S/c1-10-3-5-12(6-4-10)27(23,24)25-9-14-13(20)7-15(26-14)19-8-11(2)16(21)18-17(19)22/h3-6,8,13-15,20H,7,9H2,1-2H3,(H,18,21,22)/t13?,14-,15+/m0/s1. The molecule has 9 nitrogen and oxygen atoms in total. The van der Waals surface area contributed by atoms with Crippen molar-refractivity contribution in [2.45, 2.75) is 43.6 Å². The van der Waals surface area contributed by atoms with E-state index in [2.05, 4.69) is 4.98 Å². The largest absolute Gasteiger partial charge is 0.390 e. The zero-order valence-electron chi connectivity index (χ0n) is 14.8. The van der Waals surface area contributed by atoms with Crippen LogP contribution >= 0.6 is 0 Å². The molecular formula is C17H20N2O7S. The van der Waals surface area contributed by atoms with Gasteiger partial charge in [0.05, 0.1) is 17.6 Å². The molecule has 1 aliphatic heterocycles. The van der Waals surface area contributed by atoms with Crippen LogP contribution in [-0.2, 0) is 19.0 Å². The number of aryl methyl sites for hydroxylation is 2. The summed E-state index contributed by atoms with van der Waals surface area (Å²) < 4.78 is 36.2. The van der Waals surface area contributed by atoms with Gasteiger partial charge in [0.2, 0.25) is 0 Å². The van der Waals surface area contributed by atoms with Crippen molar-refractivity contribution in [1.82, 2.24) is 9.55 Å². The number of H-pyrrole nitrogens is 1. The Bertz CT molecular complexity index is 1040. The fourth-order valence-electron chi connectivity index (χ4n) is 2.77. The lowest BCUT2D eigenvalue weighted by molar-refractivity contribution is -0.0400. The summed E-state index contributed by atoms with van der Waals surface area (Å²) in [4.78, 5) is 25.6. The van der Waals surface area contributed by atoms with Crippen LogP contribution in [0.1, 0.15) is 23.8 Å². The van der Waals surface area contributed by atoms with Crippen LogP contribution in [0.4, 0.5) is 0 Å². The molecule has 1 aromatic carbocycles. The van der Waals surface area contributed by atoms with E-state index >= 15 is 0 Å². The fraction of sp³-hybridized carbons (Fsp3) is 0.412. The van der Waals surface area contributed by atoms with Gasteiger partial charge < -0.3 is 9.84 Å². The van der Waals surface area contributed by atoms with Gasteiger partial charge in [-0.15, -0.1) is 0 Å². The first-order valence-electron chi connectivity index (χ1n) is 8.29. The smallest absolute Gasteiger partial charge is 0.330 e. The molecule has 3 rings (SSSR count). The number of nitrogens with zero attached hydrogens (tertiary/aromatic N) is 1. The van der Waals surface area contributed by atoms with Crippen molar-refractivity contribution >= 4 is 10.1 Å². The first kappa shape index (κ1) is 19.5. The molecule has 1 unspecified atom stereocenters. The lowest BCUT2D eigenvalue weighted by Gasteiger charge is -2.16. The number of rotatable bonds is 5. The summed E-state index contributed by atoms with van der Waals surface area (Å²) in [6.45, 7) is 2.97. The Kier molecular flexibility index (Phi) is 5.33. The number of aromatic nitrogens is 2. The number of aliphatic hydroxyl groups excluding tert-OH is 1. The average Bonchev–Trinajstić information content (AvgIpc) is 2.97. The van der Waals surface area contributed by atoms with Crippen molar-refractivity contribution in [3.63, 3.8) is 0 Å². The van der Waals surface area contributed by atoms with E-state index in [0.717, 1.165) is 10.1 Å². The van der Waals surface area contributed by atoms with Gasteiger partial charge in [0.1, 0.15) is 12.3 Å². The van der Waals surface area contributed by atoms with Gasteiger partial charge in [0.15, 0.2) is 0 Å². The molecule has 1 aliphatic rings. The molecule has 2 N–H and O–H groups in total. The van der Waals surface area contributed by atoms with E-state index in [9.17, 15) is 23.1 Å². The zero-order chi connectivity index (χ0) is 19.8.